The van der Waals surface area contributed by atoms with Gasteiger partial charge in [0.2, 0.25) is 10.0 Å². The van der Waals surface area contributed by atoms with E-state index in [1.165, 1.54) is 6.07 Å². The lowest BCUT2D eigenvalue weighted by atomic mass is 10.2. The Bertz CT molecular complexity index is 946. The molecule has 2 aromatic carbocycles. The van der Waals surface area contributed by atoms with Crippen molar-refractivity contribution in [1.29, 1.82) is 0 Å². The molecule has 0 radical (unpaired) electrons. The fourth-order valence-corrected chi connectivity index (χ4v) is 4.39. The van der Waals surface area contributed by atoms with Crippen molar-refractivity contribution in [2.24, 2.45) is 0 Å². The number of amides is 1. The molecule has 6 nitrogen and oxygen atoms in total. The molecular formula is C18H18ClFN2O4S. The molecule has 0 spiro atoms. The van der Waals surface area contributed by atoms with E-state index in [1.807, 2.05) is 0 Å². The molecule has 1 saturated heterocycles. The lowest BCUT2D eigenvalue weighted by Crippen LogP contribution is -2.41. The summed E-state index contributed by atoms with van der Waals surface area (Å²) in [5.74, 6) is -1.42. The van der Waals surface area contributed by atoms with E-state index in [0.717, 1.165) is 22.0 Å². The molecule has 27 heavy (non-hydrogen) atoms. The minimum absolute atomic E-state index is 0.0512. The zero-order valence-electron chi connectivity index (χ0n) is 14.3. The van der Waals surface area contributed by atoms with Gasteiger partial charge in [-0.15, -0.1) is 0 Å². The first-order valence-electron chi connectivity index (χ1n) is 8.28. The number of hydrogen-bond donors (Lipinski definition) is 1. The molecule has 1 heterocycles. The van der Waals surface area contributed by atoms with Crippen LogP contribution in [-0.4, -0.2) is 44.9 Å². The largest absolute Gasteiger partial charge is 0.379 e. The van der Waals surface area contributed by atoms with Gasteiger partial charge in [-0.1, -0.05) is 29.8 Å². The summed E-state index contributed by atoms with van der Waals surface area (Å²) < 4.78 is 45.9. The van der Waals surface area contributed by atoms with Crippen LogP contribution < -0.4 is 5.32 Å². The molecule has 1 aliphatic rings. The average molecular weight is 413 g/mol. The van der Waals surface area contributed by atoms with Crippen LogP contribution in [0.2, 0.25) is 5.02 Å². The Balaban J connectivity index is 1.80. The third kappa shape index (κ3) is 4.47. The van der Waals surface area contributed by atoms with Crippen LogP contribution in [0.4, 0.5) is 4.39 Å². The number of halogens is 2. The van der Waals surface area contributed by atoms with Gasteiger partial charge in [0.1, 0.15) is 10.7 Å². The van der Waals surface area contributed by atoms with E-state index in [4.69, 9.17) is 16.3 Å². The zero-order chi connectivity index (χ0) is 19.4. The van der Waals surface area contributed by atoms with Crippen molar-refractivity contribution >= 4 is 27.5 Å². The SMILES string of the molecule is O=C(NCc1ccccc1Cl)c1ccc(F)c(S(=O)(=O)N2CCOCC2)c1. The van der Waals surface area contributed by atoms with Crippen LogP contribution in [0.1, 0.15) is 15.9 Å². The summed E-state index contributed by atoms with van der Waals surface area (Å²) in [4.78, 5) is 11.9. The molecule has 144 valence electrons. The van der Waals surface area contributed by atoms with Crippen molar-refractivity contribution < 1.29 is 22.3 Å². The second kappa shape index (κ2) is 8.35. The van der Waals surface area contributed by atoms with Gasteiger partial charge >= 0.3 is 0 Å². The number of sulfonamides is 1. The quantitative estimate of drug-likeness (QED) is 0.818. The van der Waals surface area contributed by atoms with Crippen LogP contribution in [0, 0.1) is 5.82 Å². The van der Waals surface area contributed by atoms with Crippen LogP contribution in [0.25, 0.3) is 0 Å². The number of hydrogen-bond acceptors (Lipinski definition) is 4. The van der Waals surface area contributed by atoms with E-state index in [9.17, 15) is 17.6 Å². The number of ether oxygens (including phenoxy) is 1. The minimum Gasteiger partial charge on any atom is -0.379 e. The van der Waals surface area contributed by atoms with E-state index >= 15 is 0 Å². The highest BCUT2D eigenvalue weighted by atomic mass is 35.5. The molecule has 0 aliphatic carbocycles. The molecule has 1 N–H and O–H groups in total. The third-order valence-corrected chi connectivity index (χ3v) is 6.46. The predicted octanol–water partition coefficient (Wildman–Crippen LogP) is 2.43. The Morgan fingerprint density at radius 3 is 2.59 bits per heavy atom. The number of nitrogens with one attached hydrogen (secondary N) is 1. The van der Waals surface area contributed by atoms with Gasteiger partial charge < -0.3 is 10.1 Å². The molecule has 0 bridgehead atoms. The average Bonchev–Trinajstić information content (AvgIpc) is 2.68. The van der Waals surface area contributed by atoms with E-state index in [1.54, 1.807) is 24.3 Å². The Morgan fingerprint density at radius 2 is 1.89 bits per heavy atom. The number of morpholine rings is 1. The maximum Gasteiger partial charge on any atom is 0.251 e. The van der Waals surface area contributed by atoms with Gasteiger partial charge in [0.25, 0.3) is 5.91 Å². The van der Waals surface area contributed by atoms with Crippen molar-refractivity contribution in [1.82, 2.24) is 9.62 Å². The first-order valence-corrected chi connectivity index (χ1v) is 10.1. The number of nitrogens with zero attached hydrogens (tertiary/aromatic N) is 1. The first kappa shape index (κ1) is 19.8. The summed E-state index contributed by atoms with van der Waals surface area (Å²) in [5, 5.41) is 3.17. The normalized spacial score (nSPS) is 15.5. The van der Waals surface area contributed by atoms with Gasteiger partial charge in [0.15, 0.2) is 0 Å². The molecule has 2 aromatic rings. The number of benzene rings is 2. The molecule has 0 unspecified atom stereocenters. The molecule has 1 fully saturated rings. The Hall–Kier alpha value is -2.00. The first-order chi connectivity index (χ1) is 12.9. The summed E-state index contributed by atoms with van der Waals surface area (Å²) in [6.07, 6.45) is 0. The standard InChI is InChI=1S/C18H18ClFN2O4S/c19-15-4-2-1-3-14(15)12-21-18(23)13-5-6-16(20)17(11-13)27(24,25)22-7-9-26-10-8-22/h1-6,11H,7-10,12H2,(H,21,23). The van der Waals surface area contributed by atoms with Gasteiger partial charge in [-0.05, 0) is 29.8 Å². The topological polar surface area (TPSA) is 75.7 Å². The smallest absolute Gasteiger partial charge is 0.251 e. The number of rotatable bonds is 5. The monoisotopic (exact) mass is 412 g/mol. The lowest BCUT2D eigenvalue weighted by Gasteiger charge is -2.26. The van der Waals surface area contributed by atoms with Crippen LogP contribution in [0.3, 0.4) is 0 Å². The molecular weight excluding hydrogens is 395 g/mol. The van der Waals surface area contributed by atoms with E-state index in [0.29, 0.717) is 5.02 Å². The molecule has 1 aliphatic heterocycles. The van der Waals surface area contributed by atoms with Crippen molar-refractivity contribution in [3.63, 3.8) is 0 Å². The summed E-state index contributed by atoms with van der Waals surface area (Å²) in [6, 6.07) is 10.3. The highest BCUT2D eigenvalue weighted by Gasteiger charge is 2.29. The molecule has 0 aromatic heterocycles. The highest BCUT2D eigenvalue weighted by Crippen LogP contribution is 2.22. The van der Waals surface area contributed by atoms with E-state index < -0.39 is 26.6 Å². The summed E-state index contributed by atoms with van der Waals surface area (Å²) in [5.41, 5.74) is 0.770. The Labute approximate surface area is 161 Å². The second-order valence-corrected chi connectivity index (χ2v) is 8.25. The number of carbonyl (C=O) groups is 1. The maximum absolute atomic E-state index is 14.2. The molecule has 0 atom stereocenters. The molecule has 0 saturated carbocycles. The van der Waals surface area contributed by atoms with Crippen molar-refractivity contribution in [2.75, 3.05) is 26.3 Å². The van der Waals surface area contributed by atoms with Crippen molar-refractivity contribution in [3.05, 3.63) is 64.4 Å². The molecule has 1 amide bonds. The fraction of sp³-hybridized carbons (Fsp3) is 0.278. The lowest BCUT2D eigenvalue weighted by molar-refractivity contribution is 0.0729. The Kier molecular flexibility index (Phi) is 6.11. The molecule has 9 heteroatoms. The van der Waals surface area contributed by atoms with Crippen LogP contribution >= 0.6 is 11.6 Å². The van der Waals surface area contributed by atoms with Crippen molar-refractivity contribution in [3.8, 4) is 0 Å². The maximum atomic E-state index is 14.2. The predicted molar refractivity (Wildman–Crippen MR) is 98.6 cm³/mol. The van der Waals surface area contributed by atoms with Gasteiger partial charge in [-0.25, -0.2) is 12.8 Å². The minimum atomic E-state index is -4.05. The van der Waals surface area contributed by atoms with Crippen LogP contribution in [0.5, 0.6) is 0 Å². The summed E-state index contributed by atoms with van der Waals surface area (Å²) >= 11 is 6.05. The number of carbonyl (C=O) groups excluding carboxylic acids is 1. The molecule has 3 rings (SSSR count). The summed E-state index contributed by atoms with van der Waals surface area (Å²) in [6.45, 7) is 0.953. The van der Waals surface area contributed by atoms with Crippen molar-refractivity contribution in [2.45, 2.75) is 11.4 Å². The highest BCUT2D eigenvalue weighted by molar-refractivity contribution is 7.89. The van der Waals surface area contributed by atoms with Gasteiger partial charge in [0, 0.05) is 30.2 Å². The van der Waals surface area contributed by atoms with Gasteiger partial charge in [0.05, 0.1) is 13.2 Å². The zero-order valence-corrected chi connectivity index (χ0v) is 15.9. The Morgan fingerprint density at radius 1 is 1.19 bits per heavy atom. The second-order valence-electron chi connectivity index (χ2n) is 5.94. The fourth-order valence-electron chi connectivity index (χ4n) is 2.69. The van der Waals surface area contributed by atoms with E-state index in [-0.39, 0.29) is 38.4 Å². The summed E-state index contributed by atoms with van der Waals surface area (Å²) in [7, 11) is -4.05. The van der Waals surface area contributed by atoms with Crippen LogP contribution in [-0.2, 0) is 21.3 Å². The van der Waals surface area contributed by atoms with Crippen LogP contribution in [0.15, 0.2) is 47.4 Å². The van der Waals surface area contributed by atoms with E-state index in [2.05, 4.69) is 5.32 Å². The van der Waals surface area contributed by atoms with Gasteiger partial charge in [-0.3, -0.25) is 4.79 Å². The third-order valence-electron chi connectivity index (χ3n) is 4.18. The van der Waals surface area contributed by atoms with Gasteiger partial charge in [-0.2, -0.15) is 4.31 Å².